The molecule has 2 aliphatic rings. The summed E-state index contributed by atoms with van der Waals surface area (Å²) >= 11 is -2.18. The van der Waals surface area contributed by atoms with Crippen molar-refractivity contribution in [3.63, 3.8) is 0 Å². The lowest BCUT2D eigenvalue weighted by Crippen LogP contribution is -1.87. The van der Waals surface area contributed by atoms with Gasteiger partial charge in [0.05, 0.1) is 12.5 Å². The van der Waals surface area contributed by atoms with Crippen LogP contribution in [0.5, 0.6) is 0 Å². The van der Waals surface area contributed by atoms with E-state index in [9.17, 15) is 8.76 Å². The zero-order valence-corrected chi connectivity index (χ0v) is 6.84. The van der Waals surface area contributed by atoms with E-state index in [1.807, 2.05) is 0 Å². The van der Waals surface area contributed by atoms with Crippen LogP contribution in [0.25, 0.3) is 11.1 Å². The maximum absolute atomic E-state index is 10.6. The third-order valence-corrected chi connectivity index (χ3v) is 2.40. The van der Waals surface area contributed by atoms with Gasteiger partial charge in [0.15, 0.2) is 0 Å². The zero-order valence-electron chi connectivity index (χ0n) is 6.02. The molecule has 1 heterocycles. The maximum atomic E-state index is 10.6. The van der Waals surface area contributed by atoms with Crippen LogP contribution in [0.1, 0.15) is 0 Å². The van der Waals surface area contributed by atoms with Gasteiger partial charge in [0.2, 0.25) is 0 Å². The van der Waals surface area contributed by atoms with Gasteiger partial charge in [-0.3, -0.25) is 4.21 Å². The van der Waals surface area contributed by atoms with Crippen molar-refractivity contribution in [2.45, 2.75) is 4.90 Å². The van der Waals surface area contributed by atoms with Crippen LogP contribution in [0.15, 0.2) is 40.0 Å². The molecule has 0 fully saturated rings. The van der Waals surface area contributed by atoms with Crippen molar-refractivity contribution in [2.75, 3.05) is 0 Å². The normalized spacial score (nSPS) is 13.4. The van der Waals surface area contributed by atoms with E-state index in [-0.39, 0.29) is 4.90 Å². The van der Waals surface area contributed by atoms with Crippen LogP contribution in [-0.4, -0.2) is 8.76 Å². The molecule has 1 atom stereocenters. The highest BCUT2D eigenvalue weighted by Gasteiger charge is 2.08. The van der Waals surface area contributed by atoms with Crippen LogP contribution in [-0.2, 0) is 11.1 Å². The summed E-state index contributed by atoms with van der Waals surface area (Å²) in [7, 11) is 0. The minimum atomic E-state index is -2.18. The molecule has 0 saturated heterocycles. The topological polar surface area (TPSA) is 53.3 Å². The van der Waals surface area contributed by atoms with E-state index in [1.165, 1.54) is 12.5 Å². The second-order valence-electron chi connectivity index (χ2n) is 2.36. The Bertz CT molecular complexity index is 393. The lowest BCUT2D eigenvalue weighted by molar-refractivity contribution is 0.534. The summed E-state index contributed by atoms with van der Waals surface area (Å²) in [6, 6.07) is 5.03. The first kappa shape index (κ1) is 7.52. The van der Waals surface area contributed by atoms with Gasteiger partial charge in [-0.2, -0.15) is 0 Å². The van der Waals surface area contributed by atoms with E-state index in [0.717, 1.165) is 5.56 Å². The van der Waals surface area contributed by atoms with Crippen LogP contribution >= 0.6 is 0 Å². The molecule has 0 bridgehead atoms. The fourth-order valence-electron chi connectivity index (χ4n) is 1.12. The first-order valence-electron chi connectivity index (χ1n) is 3.33. The molecule has 62 valence electrons. The monoisotopic (exact) mass is 181 g/mol. The lowest BCUT2D eigenvalue weighted by Gasteiger charge is -2.04. The summed E-state index contributed by atoms with van der Waals surface area (Å²) in [6.45, 7) is 0. The van der Waals surface area contributed by atoms with Gasteiger partial charge in [-0.05, 0) is 28.8 Å². The van der Waals surface area contributed by atoms with Crippen LogP contribution in [0.2, 0.25) is 0 Å². The molecule has 0 spiro atoms. The third-order valence-electron chi connectivity index (χ3n) is 1.68. The summed E-state index contributed by atoms with van der Waals surface area (Å²) in [5.41, 5.74) is 1.51. The van der Waals surface area contributed by atoms with Crippen molar-refractivity contribution in [3.05, 3.63) is 30.7 Å². The Labute approximate surface area is 71.6 Å². The van der Waals surface area contributed by atoms with Gasteiger partial charge in [0, 0.05) is 10.5 Å². The molecular weight excluding hydrogens is 176 g/mol. The predicted octanol–water partition coefficient (Wildman–Crippen LogP) is 1.62. The number of rotatable bonds is 1. The molecule has 1 aliphatic heterocycles. The van der Waals surface area contributed by atoms with Crippen molar-refractivity contribution in [3.8, 4) is 11.1 Å². The van der Waals surface area contributed by atoms with Crippen LogP contribution in [0.4, 0.5) is 0 Å². The van der Waals surface area contributed by atoms with E-state index in [0.29, 0.717) is 5.56 Å². The first-order valence-corrected chi connectivity index (χ1v) is 4.41. The molecule has 2 rings (SSSR count). The average Bonchev–Trinajstić information content (AvgIpc) is 2.47. The molecule has 0 amide bonds. The fourth-order valence-corrected chi connectivity index (χ4v) is 1.65. The highest BCUT2D eigenvalue weighted by molar-refractivity contribution is 7.79. The Hall–Kier alpha value is -1.13. The molecule has 12 heavy (non-hydrogen) atoms. The minimum Gasteiger partial charge on any atom is -0.768 e. The zero-order chi connectivity index (χ0) is 8.55. The van der Waals surface area contributed by atoms with Crippen molar-refractivity contribution < 1.29 is 13.2 Å². The van der Waals surface area contributed by atoms with Gasteiger partial charge in [-0.15, -0.1) is 0 Å². The van der Waals surface area contributed by atoms with Crippen LogP contribution in [0, 0.1) is 0 Å². The molecular formula is C8H5O3S-. The Morgan fingerprint density at radius 3 is 2.92 bits per heavy atom. The van der Waals surface area contributed by atoms with Gasteiger partial charge >= 0.3 is 0 Å². The summed E-state index contributed by atoms with van der Waals surface area (Å²) in [4.78, 5) is 0.286. The first-order chi connectivity index (χ1) is 5.79. The predicted molar refractivity (Wildman–Crippen MR) is 42.5 cm³/mol. The SMILES string of the molecule is O=S([O-])c1ccc2ccocc1-2. The molecule has 3 nitrogen and oxygen atoms in total. The average molecular weight is 181 g/mol. The van der Waals surface area contributed by atoms with Crippen LogP contribution < -0.4 is 0 Å². The van der Waals surface area contributed by atoms with Gasteiger partial charge in [0.25, 0.3) is 0 Å². The number of hydrogen-bond acceptors (Lipinski definition) is 3. The Balaban J connectivity index is 2.67. The third kappa shape index (κ3) is 1.05. The second kappa shape index (κ2) is 2.73. The molecule has 4 heteroatoms. The van der Waals surface area contributed by atoms with Gasteiger partial charge in [-0.25, -0.2) is 0 Å². The molecule has 1 unspecified atom stereocenters. The molecule has 0 radical (unpaired) electrons. The molecule has 0 N–H and O–H groups in total. The molecule has 0 aromatic rings. The lowest BCUT2D eigenvalue weighted by atomic mass is 10.2. The van der Waals surface area contributed by atoms with E-state index in [2.05, 4.69) is 0 Å². The number of fused-ring (bicyclic) bond motifs is 1. The quantitative estimate of drug-likeness (QED) is 0.628. The highest BCUT2D eigenvalue weighted by Crippen LogP contribution is 2.29. The van der Waals surface area contributed by atoms with E-state index >= 15 is 0 Å². The van der Waals surface area contributed by atoms with E-state index in [4.69, 9.17) is 4.42 Å². The molecule has 0 aromatic carbocycles. The molecule has 0 saturated carbocycles. The Kier molecular flexibility index (Phi) is 1.71. The van der Waals surface area contributed by atoms with Crippen molar-refractivity contribution in [1.29, 1.82) is 0 Å². The molecule has 0 aromatic heterocycles. The van der Waals surface area contributed by atoms with Gasteiger partial charge < -0.3 is 8.97 Å². The summed E-state index contributed by atoms with van der Waals surface area (Å²) in [5, 5.41) is 0. The minimum absolute atomic E-state index is 0.286. The second-order valence-corrected chi connectivity index (χ2v) is 3.27. The van der Waals surface area contributed by atoms with E-state index < -0.39 is 11.1 Å². The Morgan fingerprint density at radius 2 is 2.17 bits per heavy atom. The smallest absolute Gasteiger partial charge is 0.0991 e. The van der Waals surface area contributed by atoms with Crippen molar-refractivity contribution in [1.82, 2.24) is 0 Å². The van der Waals surface area contributed by atoms with Gasteiger partial charge in [-0.1, -0.05) is 6.07 Å². The summed E-state index contributed by atoms with van der Waals surface area (Å²) in [5.74, 6) is 0. The van der Waals surface area contributed by atoms with Crippen LogP contribution in [0.3, 0.4) is 0 Å². The summed E-state index contributed by atoms with van der Waals surface area (Å²) in [6.07, 6.45) is 2.94. The Morgan fingerprint density at radius 1 is 1.33 bits per heavy atom. The highest BCUT2D eigenvalue weighted by atomic mass is 32.2. The van der Waals surface area contributed by atoms with Gasteiger partial charge in [0.1, 0.15) is 0 Å². The molecule has 1 aliphatic carbocycles. The van der Waals surface area contributed by atoms with E-state index in [1.54, 1.807) is 18.2 Å². The number of hydrogen-bond donors (Lipinski definition) is 0. The van der Waals surface area contributed by atoms with Crippen molar-refractivity contribution in [2.24, 2.45) is 0 Å². The fraction of sp³-hybridized carbons (Fsp3) is 0. The van der Waals surface area contributed by atoms with Crippen molar-refractivity contribution >= 4 is 11.1 Å². The maximum Gasteiger partial charge on any atom is 0.0991 e. The summed E-state index contributed by atoms with van der Waals surface area (Å²) < 4.78 is 26.1. The standard InChI is InChI=1S/C8H6O3S/c9-12(10)8-2-1-6-3-4-11-5-7(6)8/h1-5H,(H,9,10)/p-1. The largest absolute Gasteiger partial charge is 0.768 e.